The summed E-state index contributed by atoms with van der Waals surface area (Å²) in [5, 5.41) is 4.44. The summed E-state index contributed by atoms with van der Waals surface area (Å²) in [4.78, 5) is 17.1. The molecule has 1 aliphatic heterocycles. The van der Waals surface area contributed by atoms with Gasteiger partial charge in [-0.25, -0.2) is 0 Å². The van der Waals surface area contributed by atoms with Crippen molar-refractivity contribution < 1.29 is 4.79 Å². The fraction of sp³-hybridized carbons (Fsp3) is 0.750. The van der Waals surface area contributed by atoms with E-state index in [1.54, 1.807) is 0 Å². The van der Waals surface area contributed by atoms with Gasteiger partial charge >= 0.3 is 0 Å². The first-order valence-corrected chi connectivity index (χ1v) is 9.03. The third kappa shape index (κ3) is 3.71. The van der Waals surface area contributed by atoms with Gasteiger partial charge < -0.3 is 9.80 Å². The number of rotatable bonds is 4. The van der Waals surface area contributed by atoms with E-state index in [0.29, 0.717) is 6.54 Å². The fourth-order valence-electron chi connectivity index (χ4n) is 3.13. The first-order valence-electron chi connectivity index (χ1n) is 8.24. The van der Waals surface area contributed by atoms with Crippen molar-refractivity contribution in [1.82, 2.24) is 19.6 Å². The molecule has 5 nitrogen and oxygen atoms in total. The maximum Gasteiger partial charge on any atom is 0.244 e. The fourth-order valence-corrected chi connectivity index (χ4v) is 3.41. The van der Waals surface area contributed by atoms with Gasteiger partial charge in [0.2, 0.25) is 5.91 Å². The lowest BCUT2D eigenvalue weighted by Gasteiger charge is -2.22. The highest BCUT2D eigenvalue weighted by Crippen LogP contribution is 2.30. The predicted octanol–water partition coefficient (Wildman–Crippen LogP) is 2.21. The number of carbonyl (C=O) groups excluding carboxylic acids is 1. The molecule has 0 atom stereocenters. The Hall–Kier alpha value is -0.880. The maximum atomic E-state index is 12.6. The molecule has 1 aromatic rings. The molecule has 0 bridgehead atoms. The Kier molecular flexibility index (Phi) is 4.88. The third-order valence-corrected chi connectivity index (χ3v) is 5.88. The zero-order valence-corrected chi connectivity index (χ0v) is 15.1. The summed E-state index contributed by atoms with van der Waals surface area (Å²) >= 11 is 3.52. The van der Waals surface area contributed by atoms with E-state index >= 15 is 0 Å². The van der Waals surface area contributed by atoms with Crippen molar-refractivity contribution in [3.63, 3.8) is 0 Å². The van der Waals surface area contributed by atoms with Crippen molar-refractivity contribution in [2.45, 2.75) is 39.7 Å². The highest BCUT2D eigenvalue weighted by molar-refractivity contribution is 9.10. The highest BCUT2D eigenvalue weighted by Gasteiger charge is 2.26. The second-order valence-corrected chi connectivity index (χ2v) is 7.41. The lowest BCUT2D eigenvalue weighted by molar-refractivity contribution is -0.131. The summed E-state index contributed by atoms with van der Waals surface area (Å²) in [7, 11) is 0. The number of hydrogen-bond donors (Lipinski definition) is 0. The molecule has 0 radical (unpaired) electrons. The van der Waals surface area contributed by atoms with Crippen LogP contribution in [-0.4, -0.2) is 58.2 Å². The molecule has 22 heavy (non-hydrogen) atoms. The predicted molar refractivity (Wildman–Crippen MR) is 89.8 cm³/mol. The zero-order valence-electron chi connectivity index (χ0n) is 13.5. The minimum Gasteiger partial charge on any atom is -0.340 e. The Morgan fingerprint density at radius 3 is 2.64 bits per heavy atom. The number of amides is 1. The standard InChI is InChI=1S/C16H25BrN4O/c1-12-16(17)13(2)21(18-12)11-15(22)20-7-3-6-19(8-9-20)10-14-4-5-14/h14H,3-11H2,1-2H3. The molecule has 2 aliphatic rings. The van der Waals surface area contributed by atoms with E-state index in [0.717, 1.165) is 54.4 Å². The van der Waals surface area contributed by atoms with Crippen molar-refractivity contribution >= 4 is 21.8 Å². The van der Waals surface area contributed by atoms with Crippen LogP contribution in [0.15, 0.2) is 4.47 Å². The van der Waals surface area contributed by atoms with Crippen LogP contribution in [0.25, 0.3) is 0 Å². The van der Waals surface area contributed by atoms with E-state index in [9.17, 15) is 4.79 Å². The lowest BCUT2D eigenvalue weighted by atomic mass is 10.3. The van der Waals surface area contributed by atoms with Gasteiger partial charge in [-0.2, -0.15) is 5.10 Å². The van der Waals surface area contributed by atoms with Gasteiger partial charge in [0.25, 0.3) is 0 Å². The smallest absolute Gasteiger partial charge is 0.244 e. The average Bonchev–Trinajstić information content (AvgIpc) is 3.29. The number of hydrogen-bond acceptors (Lipinski definition) is 3. The molecule has 0 N–H and O–H groups in total. The Balaban J connectivity index is 1.56. The van der Waals surface area contributed by atoms with E-state index in [-0.39, 0.29) is 5.91 Å². The van der Waals surface area contributed by atoms with E-state index in [1.165, 1.54) is 19.4 Å². The van der Waals surface area contributed by atoms with Gasteiger partial charge in [0, 0.05) is 26.2 Å². The third-order valence-electron chi connectivity index (χ3n) is 4.73. The zero-order chi connectivity index (χ0) is 15.7. The van der Waals surface area contributed by atoms with Gasteiger partial charge in [-0.1, -0.05) is 0 Å². The van der Waals surface area contributed by atoms with Crippen LogP contribution in [0.3, 0.4) is 0 Å². The molecule has 6 heteroatoms. The maximum absolute atomic E-state index is 12.6. The second kappa shape index (κ2) is 6.71. The monoisotopic (exact) mass is 368 g/mol. The molecule has 0 aromatic carbocycles. The van der Waals surface area contributed by atoms with Crippen LogP contribution in [0, 0.1) is 19.8 Å². The molecule has 2 heterocycles. The quantitative estimate of drug-likeness (QED) is 0.817. The molecule has 1 saturated carbocycles. The number of aromatic nitrogens is 2. The second-order valence-electron chi connectivity index (χ2n) is 6.62. The van der Waals surface area contributed by atoms with Crippen LogP contribution in [0.1, 0.15) is 30.7 Å². The van der Waals surface area contributed by atoms with Gasteiger partial charge in [-0.05, 0) is 61.5 Å². The molecular weight excluding hydrogens is 344 g/mol. The Bertz CT molecular complexity index is 553. The number of carbonyl (C=O) groups is 1. The minimum absolute atomic E-state index is 0.186. The van der Waals surface area contributed by atoms with E-state index in [1.807, 2.05) is 23.4 Å². The van der Waals surface area contributed by atoms with E-state index in [4.69, 9.17) is 0 Å². The summed E-state index contributed by atoms with van der Waals surface area (Å²) in [6.45, 7) is 9.41. The first-order chi connectivity index (χ1) is 10.5. The van der Waals surface area contributed by atoms with Crippen molar-refractivity contribution in [3.8, 4) is 0 Å². The first kappa shape index (κ1) is 16.0. The minimum atomic E-state index is 0.186. The Labute approximate surface area is 140 Å². The summed E-state index contributed by atoms with van der Waals surface area (Å²) < 4.78 is 2.82. The van der Waals surface area contributed by atoms with Crippen molar-refractivity contribution in [2.75, 3.05) is 32.7 Å². The molecule has 2 fully saturated rings. The molecule has 3 rings (SSSR count). The molecule has 122 valence electrons. The molecular formula is C16H25BrN4O. The molecule has 1 saturated heterocycles. The van der Waals surface area contributed by atoms with Crippen LogP contribution < -0.4 is 0 Å². The van der Waals surface area contributed by atoms with Crippen molar-refractivity contribution in [2.24, 2.45) is 5.92 Å². The summed E-state index contributed by atoms with van der Waals surface area (Å²) in [5.74, 6) is 1.11. The van der Waals surface area contributed by atoms with Crippen LogP contribution >= 0.6 is 15.9 Å². The molecule has 1 aliphatic carbocycles. The number of aryl methyl sites for hydroxylation is 1. The van der Waals surface area contributed by atoms with Crippen LogP contribution in [0.5, 0.6) is 0 Å². The van der Waals surface area contributed by atoms with Crippen LogP contribution in [0.4, 0.5) is 0 Å². The van der Waals surface area contributed by atoms with Gasteiger partial charge in [0.15, 0.2) is 0 Å². The van der Waals surface area contributed by atoms with E-state index < -0.39 is 0 Å². The van der Waals surface area contributed by atoms with Crippen molar-refractivity contribution in [1.29, 1.82) is 0 Å². The van der Waals surface area contributed by atoms with Crippen molar-refractivity contribution in [3.05, 3.63) is 15.9 Å². The molecule has 0 unspecified atom stereocenters. The lowest BCUT2D eigenvalue weighted by Crippen LogP contribution is -2.37. The number of nitrogens with zero attached hydrogens (tertiary/aromatic N) is 4. The summed E-state index contributed by atoms with van der Waals surface area (Å²) in [5.41, 5.74) is 1.97. The Morgan fingerprint density at radius 2 is 2.00 bits per heavy atom. The molecule has 0 spiro atoms. The molecule has 1 amide bonds. The van der Waals surface area contributed by atoms with Gasteiger partial charge in [-0.15, -0.1) is 0 Å². The number of halogens is 1. The SMILES string of the molecule is Cc1nn(CC(=O)N2CCCN(CC3CC3)CC2)c(C)c1Br. The Morgan fingerprint density at radius 1 is 1.23 bits per heavy atom. The summed E-state index contributed by atoms with van der Waals surface area (Å²) in [6.07, 6.45) is 3.87. The van der Waals surface area contributed by atoms with E-state index in [2.05, 4.69) is 25.9 Å². The average molecular weight is 369 g/mol. The van der Waals surface area contributed by atoms with Crippen LogP contribution in [0.2, 0.25) is 0 Å². The molecule has 1 aromatic heterocycles. The normalized spacial score (nSPS) is 20.2. The van der Waals surface area contributed by atoms with Crippen LogP contribution in [-0.2, 0) is 11.3 Å². The highest BCUT2D eigenvalue weighted by atomic mass is 79.9. The van der Waals surface area contributed by atoms with Gasteiger partial charge in [-0.3, -0.25) is 9.48 Å². The summed E-state index contributed by atoms with van der Waals surface area (Å²) in [6, 6.07) is 0. The van der Waals surface area contributed by atoms with Gasteiger partial charge in [0.1, 0.15) is 6.54 Å². The van der Waals surface area contributed by atoms with Gasteiger partial charge in [0.05, 0.1) is 15.9 Å². The largest absolute Gasteiger partial charge is 0.340 e. The topological polar surface area (TPSA) is 41.4 Å².